The lowest BCUT2D eigenvalue weighted by atomic mass is 10.1. The van der Waals surface area contributed by atoms with E-state index < -0.39 is 0 Å². The summed E-state index contributed by atoms with van der Waals surface area (Å²) in [7, 11) is 0. The predicted octanol–water partition coefficient (Wildman–Crippen LogP) is 4.80. The number of nitrogens with zero attached hydrogens (tertiary/aromatic N) is 2. The minimum atomic E-state index is -0.0611. The second-order valence-corrected chi connectivity index (χ2v) is 8.95. The van der Waals surface area contributed by atoms with Crippen LogP contribution in [0.2, 0.25) is 0 Å². The molecule has 0 aliphatic carbocycles. The summed E-state index contributed by atoms with van der Waals surface area (Å²) in [4.78, 5) is 18.0. The van der Waals surface area contributed by atoms with Gasteiger partial charge in [-0.3, -0.25) is 9.69 Å². The lowest BCUT2D eigenvalue weighted by molar-refractivity contribution is 0.0936. The number of rotatable bonds is 7. The summed E-state index contributed by atoms with van der Waals surface area (Å²) >= 11 is 0. The largest absolute Gasteiger partial charge is 0.467 e. The number of carbonyl (C=O) groups excluding carboxylic acids is 1. The van der Waals surface area contributed by atoms with Crippen LogP contribution in [0.25, 0.3) is 0 Å². The quantitative estimate of drug-likeness (QED) is 0.586. The van der Waals surface area contributed by atoms with Crippen LogP contribution in [-0.4, -0.2) is 36.5 Å². The lowest BCUT2D eigenvalue weighted by Gasteiger charge is -2.28. The lowest BCUT2D eigenvalue weighted by Crippen LogP contribution is -2.37. The van der Waals surface area contributed by atoms with Gasteiger partial charge < -0.3 is 14.6 Å². The van der Waals surface area contributed by atoms with Gasteiger partial charge in [-0.1, -0.05) is 48.5 Å². The molecule has 3 aromatic rings. The van der Waals surface area contributed by atoms with Crippen LogP contribution >= 0.6 is 0 Å². The molecule has 0 spiro atoms. The second-order valence-electron chi connectivity index (χ2n) is 8.95. The fourth-order valence-corrected chi connectivity index (χ4v) is 5.16. The Morgan fingerprint density at radius 1 is 1.06 bits per heavy atom. The van der Waals surface area contributed by atoms with Gasteiger partial charge in [0.15, 0.2) is 0 Å². The first-order chi connectivity index (χ1) is 15.7. The van der Waals surface area contributed by atoms with Crippen LogP contribution in [-0.2, 0) is 13.0 Å². The van der Waals surface area contributed by atoms with Crippen LogP contribution in [0.1, 0.15) is 53.1 Å². The first kappa shape index (κ1) is 20.8. The van der Waals surface area contributed by atoms with Gasteiger partial charge in [0.2, 0.25) is 0 Å². The molecule has 2 aliphatic heterocycles. The maximum absolute atomic E-state index is 13.2. The summed E-state index contributed by atoms with van der Waals surface area (Å²) < 4.78 is 5.79. The Morgan fingerprint density at radius 3 is 2.62 bits per heavy atom. The molecule has 5 heteroatoms. The van der Waals surface area contributed by atoms with Crippen LogP contribution in [0, 0.1) is 0 Å². The van der Waals surface area contributed by atoms with Gasteiger partial charge in [0.05, 0.1) is 24.4 Å². The highest BCUT2D eigenvalue weighted by molar-refractivity contribution is 5.95. The van der Waals surface area contributed by atoms with Crippen molar-refractivity contribution in [1.29, 1.82) is 0 Å². The molecule has 1 saturated heterocycles. The number of para-hydroxylation sites is 1. The number of furan rings is 1. The Kier molecular flexibility index (Phi) is 5.99. The van der Waals surface area contributed by atoms with Crippen LogP contribution in [0.4, 0.5) is 5.69 Å². The van der Waals surface area contributed by atoms with E-state index in [4.69, 9.17) is 4.42 Å². The molecule has 2 unspecified atom stereocenters. The van der Waals surface area contributed by atoms with Crippen molar-refractivity contribution in [3.8, 4) is 0 Å². The van der Waals surface area contributed by atoms with Crippen molar-refractivity contribution in [3.05, 3.63) is 89.4 Å². The summed E-state index contributed by atoms with van der Waals surface area (Å²) in [6.45, 7) is 5.58. The number of benzene rings is 2. The van der Waals surface area contributed by atoms with E-state index in [-0.39, 0.29) is 11.9 Å². The third-order valence-corrected chi connectivity index (χ3v) is 6.87. The number of nitrogens with one attached hydrogen (secondary N) is 1. The molecular weight excluding hydrogens is 398 g/mol. The first-order valence-electron chi connectivity index (χ1n) is 11.7. The fourth-order valence-electron chi connectivity index (χ4n) is 5.16. The average molecular weight is 430 g/mol. The Hall–Kier alpha value is -3.05. The second kappa shape index (κ2) is 9.21. The topological polar surface area (TPSA) is 48.7 Å². The van der Waals surface area contributed by atoms with Crippen molar-refractivity contribution in [2.24, 2.45) is 0 Å². The summed E-state index contributed by atoms with van der Waals surface area (Å²) in [5.74, 6) is 0.664. The van der Waals surface area contributed by atoms with E-state index in [0.29, 0.717) is 24.7 Å². The average Bonchev–Trinajstić information content (AvgIpc) is 3.56. The van der Waals surface area contributed by atoms with Crippen molar-refractivity contribution >= 4 is 11.6 Å². The van der Waals surface area contributed by atoms with E-state index in [1.165, 1.54) is 29.7 Å². The number of fused-ring (bicyclic) bond motifs is 1. The Bertz CT molecular complexity index is 1060. The van der Waals surface area contributed by atoms with Crippen molar-refractivity contribution < 1.29 is 9.21 Å². The Balaban J connectivity index is 1.29. The third-order valence-electron chi connectivity index (χ3n) is 6.87. The van der Waals surface area contributed by atoms with E-state index in [1.807, 2.05) is 6.07 Å². The van der Waals surface area contributed by atoms with E-state index >= 15 is 0 Å². The molecule has 1 amide bonds. The normalized spacial score (nSPS) is 19.2. The molecule has 5 nitrogen and oxygen atoms in total. The van der Waals surface area contributed by atoms with Crippen molar-refractivity contribution in [1.82, 2.24) is 10.2 Å². The van der Waals surface area contributed by atoms with Crippen molar-refractivity contribution in [2.45, 2.75) is 44.8 Å². The van der Waals surface area contributed by atoms with Crippen LogP contribution in [0.3, 0.4) is 0 Å². The van der Waals surface area contributed by atoms with Crippen LogP contribution in [0.5, 0.6) is 0 Å². The number of hydrogen-bond acceptors (Lipinski definition) is 4. The van der Waals surface area contributed by atoms with Gasteiger partial charge in [-0.2, -0.15) is 0 Å². The highest BCUT2D eigenvalue weighted by Crippen LogP contribution is 2.33. The fraction of sp³-hybridized carbons (Fsp3) is 0.370. The molecule has 0 radical (unpaired) electrons. The SMILES string of the molecule is CC1Cc2ccccc2N1Cc1occc1C(=O)NCC(c1ccccc1)N1CCCC1. The van der Waals surface area contributed by atoms with Gasteiger partial charge in [0, 0.05) is 18.3 Å². The summed E-state index contributed by atoms with van der Waals surface area (Å²) in [5.41, 5.74) is 4.48. The number of hydrogen-bond donors (Lipinski definition) is 1. The van der Waals surface area contributed by atoms with E-state index in [0.717, 1.165) is 25.3 Å². The molecule has 5 rings (SSSR count). The molecule has 1 fully saturated rings. The zero-order valence-corrected chi connectivity index (χ0v) is 18.7. The first-order valence-corrected chi connectivity index (χ1v) is 11.7. The standard InChI is InChI=1S/C27H31N3O2/c1-20-17-22-11-5-6-12-24(22)30(20)19-26-23(13-16-32-26)27(31)28-18-25(29-14-7-8-15-29)21-9-3-2-4-10-21/h2-6,9-13,16,20,25H,7-8,14-15,17-19H2,1H3,(H,28,31). The zero-order chi connectivity index (χ0) is 21.9. The van der Waals surface area contributed by atoms with E-state index in [1.54, 1.807) is 12.3 Å². The minimum Gasteiger partial charge on any atom is -0.467 e. The van der Waals surface area contributed by atoms with E-state index in [2.05, 4.69) is 70.6 Å². The maximum Gasteiger partial charge on any atom is 0.254 e. The molecule has 2 atom stereocenters. The Morgan fingerprint density at radius 2 is 1.81 bits per heavy atom. The molecule has 1 aromatic heterocycles. The van der Waals surface area contributed by atoms with Crippen LogP contribution < -0.4 is 10.2 Å². The smallest absolute Gasteiger partial charge is 0.254 e. The van der Waals surface area contributed by atoms with Gasteiger partial charge in [-0.15, -0.1) is 0 Å². The summed E-state index contributed by atoms with van der Waals surface area (Å²) in [6.07, 6.45) is 5.09. The molecule has 0 saturated carbocycles. The maximum atomic E-state index is 13.2. The summed E-state index contributed by atoms with van der Waals surface area (Å²) in [5, 5.41) is 3.20. The molecular formula is C27H31N3O2. The van der Waals surface area contributed by atoms with Crippen molar-refractivity contribution in [2.75, 3.05) is 24.5 Å². The number of amides is 1. The minimum absolute atomic E-state index is 0.0611. The summed E-state index contributed by atoms with van der Waals surface area (Å²) in [6, 6.07) is 21.4. The molecule has 32 heavy (non-hydrogen) atoms. The predicted molar refractivity (Wildman–Crippen MR) is 127 cm³/mol. The van der Waals surface area contributed by atoms with Gasteiger partial charge in [-0.25, -0.2) is 0 Å². The molecule has 2 aliphatic rings. The monoisotopic (exact) mass is 429 g/mol. The highest BCUT2D eigenvalue weighted by atomic mass is 16.3. The van der Waals surface area contributed by atoms with Gasteiger partial charge >= 0.3 is 0 Å². The Labute approximate surface area is 190 Å². The number of likely N-dealkylation sites (tertiary alicyclic amines) is 1. The van der Waals surface area contributed by atoms with Gasteiger partial charge in [0.25, 0.3) is 5.91 Å². The van der Waals surface area contributed by atoms with Gasteiger partial charge in [0.1, 0.15) is 5.76 Å². The molecule has 3 heterocycles. The third kappa shape index (κ3) is 4.17. The molecule has 1 N–H and O–H groups in total. The molecule has 0 bridgehead atoms. The number of anilines is 1. The van der Waals surface area contributed by atoms with Gasteiger partial charge in [-0.05, 0) is 62.5 Å². The van der Waals surface area contributed by atoms with E-state index in [9.17, 15) is 4.79 Å². The molecule has 166 valence electrons. The number of carbonyl (C=O) groups is 1. The van der Waals surface area contributed by atoms with Crippen molar-refractivity contribution in [3.63, 3.8) is 0 Å². The van der Waals surface area contributed by atoms with Crippen LogP contribution in [0.15, 0.2) is 71.3 Å². The zero-order valence-electron chi connectivity index (χ0n) is 18.7. The highest BCUT2D eigenvalue weighted by Gasteiger charge is 2.29. The molecule has 2 aromatic carbocycles.